The Balaban J connectivity index is 1.17. The summed E-state index contributed by atoms with van der Waals surface area (Å²) in [5, 5.41) is 11.7. The molecule has 0 bridgehead atoms. The van der Waals surface area contributed by atoms with Crippen LogP contribution >= 0.6 is 11.6 Å². The first-order valence-electron chi connectivity index (χ1n) is 11.0. The average molecular weight is 484 g/mol. The third-order valence-corrected chi connectivity index (χ3v) is 5.61. The van der Waals surface area contributed by atoms with Gasteiger partial charge in [0.15, 0.2) is 18.2 Å². The number of benzene rings is 3. The third kappa shape index (κ3) is 5.59. The van der Waals surface area contributed by atoms with Crippen LogP contribution in [0.4, 0.5) is 5.82 Å². The summed E-state index contributed by atoms with van der Waals surface area (Å²) in [7, 11) is 0. The highest BCUT2D eigenvalue weighted by molar-refractivity contribution is 6.33. The lowest BCUT2D eigenvalue weighted by molar-refractivity contribution is 0.101. The van der Waals surface area contributed by atoms with Crippen molar-refractivity contribution in [3.05, 3.63) is 120 Å². The first-order chi connectivity index (χ1) is 17.1. The number of nitrogens with one attached hydrogen (secondary N) is 1. The zero-order valence-electron chi connectivity index (χ0n) is 18.7. The van der Waals surface area contributed by atoms with Crippen molar-refractivity contribution in [2.75, 3.05) is 5.32 Å². The van der Waals surface area contributed by atoms with E-state index in [2.05, 4.69) is 27.6 Å². The van der Waals surface area contributed by atoms with Crippen molar-refractivity contribution in [3.8, 4) is 16.9 Å². The van der Waals surface area contributed by atoms with Gasteiger partial charge in [-0.15, -0.1) is 0 Å². The maximum atomic E-state index is 12.7. The van der Waals surface area contributed by atoms with Crippen LogP contribution in [0.3, 0.4) is 0 Å². The number of carbonyl (C=O) groups excluding carboxylic acids is 1. The summed E-state index contributed by atoms with van der Waals surface area (Å²) in [5.41, 5.74) is 3.58. The number of hydrogen-bond donors (Lipinski definition) is 1. The predicted molar refractivity (Wildman–Crippen MR) is 135 cm³/mol. The highest BCUT2D eigenvalue weighted by atomic mass is 35.5. The summed E-state index contributed by atoms with van der Waals surface area (Å²) in [5.74, 6) is 0.599. The minimum Gasteiger partial charge on any atom is -0.471 e. The van der Waals surface area contributed by atoms with Gasteiger partial charge in [-0.25, -0.2) is 4.68 Å². The molecule has 3 aromatic carbocycles. The molecule has 0 radical (unpaired) electrons. The standard InChI is InChI=1S/C27H22ClN5O2/c28-24-18-33(17-20-7-3-1-4-8-20)31-26(24)29-27(34)25-15-16-32(30-25)19-35-23-13-11-22(12-14-23)21-9-5-2-6-10-21/h1-16,18H,17,19H2,(H,29,31,34). The number of anilines is 1. The van der Waals surface area contributed by atoms with Gasteiger partial charge in [-0.1, -0.05) is 84.4 Å². The van der Waals surface area contributed by atoms with Crippen LogP contribution in [0.5, 0.6) is 5.75 Å². The molecule has 0 fully saturated rings. The van der Waals surface area contributed by atoms with E-state index in [9.17, 15) is 4.79 Å². The molecule has 0 spiro atoms. The summed E-state index contributed by atoms with van der Waals surface area (Å²) >= 11 is 6.27. The van der Waals surface area contributed by atoms with Crippen LogP contribution in [0, 0.1) is 0 Å². The molecule has 0 saturated carbocycles. The largest absolute Gasteiger partial charge is 0.471 e. The summed E-state index contributed by atoms with van der Waals surface area (Å²) in [4.78, 5) is 12.7. The maximum absolute atomic E-state index is 12.7. The molecule has 35 heavy (non-hydrogen) atoms. The lowest BCUT2D eigenvalue weighted by Crippen LogP contribution is -2.15. The van der Waals surface area contributed by atoms with Gasteiger partial charge in [0.05, 0.1) is 6.54 Å². The number of hydrogen-bond acceptors (Lipinski definition) is 4. The Hall–Kier alpha value is -4.36. The molecule has 0 aliphatic carbocycles. The van der Waals surface area contributed by atoms with Crippen molar-refractivity contribution < 1.29 is 9.53 Å². The zero-order chi connectivity index (χ0) is 24.0. The van der Waals surface area contributed by atoms with Crippen molar-refractivity contribution in [2.24, 2.45) is 0 Å². The van der Waals surface area contributed by atoms with Gasteiger partial charge in [-0.2, -0.15) is 10.2 Å². The Labute approximate surface area is 207 Å². The molecule has 0 saturated heterocycles. The fraction of sp³-hybridized carbons (Fsp3) is 0.0741. The number of rotatable bonds is 8. The monoisotopic (exact) mass is 483 g/mol. The molecular formula is C27H22ClN5O2. The second kappa shape index (κ2) is 10.3. The number of ether oxygens (including phenoxy) is 1. The number of aromatic nitrogens is 4. The lowest BCUT2D eigenvalue weighted by atomic mass is 10.1. The summed E-state index contributed by atoms with van der Waals surface area (Å²) < 4.78 is 9.04. The summed E-state index contributed by atoms with van der Waals surface area (Å²) in [6, 6.07) is 29.5. The van der Waals surface area contributed by atoms with E-state index in [4.69, 9.17) is 16.3 Å². The van der Waals surface area contributed by atoms with Crippen molar-refractivity contribution in [1.29, 1.82) is 0 Å². The van der Waals surface area contributed by atoms with E-state index in [-0.39, 0.29) is 18.2 Å². The summed E-state index contributed by atoms with van der Waals surface area (Å²) in [6.45, 7) is 0.721. The fourth-order valence-electron chi connectivity index (χ4n) is 3.57. The van der Waals surface area contributed by atoms with Crippen LogP contribution in [-0.2, 0) is 13.3 Å². The Morgan fingerprint density at radius 1 is 0.829 bits per heavy atom. The Kier molecular flexibility index (Phi) is 6.59. The molecule has 0 aliphatic heterocycles. The minimum atomic E-state index is -0.400. The van der Waals surface area contributed by atoms with E-state index < -0.39 is 5.91 Å². The molecule has 8 heteroatoms. The molecule has 0 aliphatic rings. The molecule has 1 amide bonds. The molecule has 2 heterocycles. The Morgan fingerprint density at radius 3 is 2.26 bits per heavy atom. The highest BCUT2D eigenvalue weighted by Crippen LogP contribution is 2.23. The highest BCUT2D eigenvalue weighted by Gasteiger charge is 2.15. The minimum absolute atomic E-state index is 0.171. The second-order valence-electron chi connectivity index (χ2n) is 7.87. The van der Waals surface area contributed by atoms with Gasteiger partial charge < -0.3 is 10.1 Å². The number of halogens is 1. The van der Waals surface area contributed by atoms with Crippen LogP contribution in [0.25, 0.3) is 11.1 Å². The SMILES string of the molecule is O=C(Nc1nn(Cc2ccccc2)cc1Cl)c1ccn(COc2ccc(-c3ccccc3)cc2)n1. The smallest absolute Gasteiger partial charge is 0.277 e. The van der Waals surface area contributed by atoms with Crippen LogP contribution in [0.1, 0.15) is 16.1 Å². The fourth-order valence-corrected chi connectivity index (χ4v) is 3.77. The first kappa shape index (κ1) is 22.4. The molecule has 1 N–H and O–H groups in total. The van der Waals surface area contributed by atoms with Crippen molar-refractivity contribution in [1.82, 2.24) is 19.6 Å². The molecule has 0 unspecified atom stereocenters. The van der Waals surface area contributed by atoms with Crippen LogP contribution < -0.4 is 10.1 Å². The number of carbonyl (C=O) groups is 1. The normalized spacial score (nSPS) is 10.8. The average Bonchev–Trinajstić information content (AvgIpc) is 3.51. The van der Waals surface area contributed by atoms with Gasteiger partial charge in [-0.3, -0.25) is 9.48 Å². The van der Waals surface area contributed by atoms with E-state index in [0.717, 1.165) is 16.7 Å². The summed E-state index contributed by atoms with van der Waals surface area (Å²) in [6.07, 6.45) is 3.36. The molecule has 7 nitrogen and oxygen atoms in total. The van der Waals surface area contributed by atoms with Gasteiger partial charge >= 0.3 is 0 Å². The van der Waals surface area contributed by atoms with Crippen LogP contribution in [-0.4, -0.2) is 25.5 Å². The van der Waals surface area contributed by atoms with Gasteiger partial charge in [0.2, 0.25) is 0 Å². The molecule has 5 aromatic rings. The predicted octanol–water partition coefficient (Wildman–Crippen LogP) is 5.74. The molecular weight excluding hydrogens is 462 g/mol. The van der Waals surface area contributed by atoms with Crippen molar-refractivity contribution >= 4 is 23.3 Å². The molecule has 5 rings (SSSR count). The number of amides is 1. The Morgan fingerprint density at radius 2 is 1.51 bits per heavy atom. The van der Waals surface area contributed by atoms with Gasteiger partial charge in [0, 0.05) is 12.4 Å². The van der Waals surface area contributed by atoms with Crippen molar-refractivity contribution in [3.63, 3.8) is 0 Å². The second-order valence-corrected chi connectivity index (χ2v) is 8.27. The van der Waals surface area contributed by atoms with E-state index in [0.29, 0.717) is 17.3 Å². The third-order valence-electron chi connectivity index (χ3n) is 5.33. The first-order valence-corrected chi connectivity index (χ1v) is 11.4. The van der Waals surface area contributed by atoms with Gasteiger partial charge in [-0.05, 0) is 34.9 Å². The molecule has 174 valence electrons. The van der Waals surface area contributed by atoms with Gasteiger partial charge in [0.1, 0.15) is 10.8 Å². The Bertz CT molecular complexity index is 1410. The topological polar surface area (TPSA) is 74.0 Å². The van der Waals surface area contributed by atoms with E-state index in [1.165, 1.54) is 0 Å². The van der Waals surface area contributed by atoms with Crippen molar-refractivity contribution in [2.45, 2.75) is 13.3 Å². The molecule has 0 atom stereocenters. The maximum Gasteiger partial charge on any atom is 0.277 e. The quantitative estimate of drug-likeness (QED) is 0.305. The zero-order valence-corrected chi connectivity index (χ0v) is 19.5. The van der Waals surface area contributed by atoms with E-state index in [1.54, 1.807) is 27.8 Å². The van der Waals surface area contributed by atoms with Crippen LogP contribution in [0.2, 0.25) is 5.02 Å². The van der Waals surface area contributed by atoms with Crippen LogP contribution in [0.15, 0.2) is 103 Å². The number of nitrogens with zero attached hydrogens (tertiary/aromatic N) is 4. The molecule has 2 aromatic heterocycles. The lowest BCUT2D eigenvalue weighted by Gasteiger charge is -2.07. The van der Waals surface area contributed by atoms with E-state index >= 15 is 0 Å². The van der Waals surface area contributed by atoms with Gasteiger partial charge in [0.25, 0.3) is 5.91 Å². The van der Waals surface area contributed by atoms with E-state index in [1.807, 2.05) is 72.8 Å².